The minimum atomic E-state index is -1.52. The molecule has 1 spiro atoms. The fourth-order valence-electron chi connectivity index (χ4n) is 8.38. The molecule has 0 aromatic heterocycles. The van der Waals surface area contributed by atoms with Crippen LogP contribution in [0.15, 0.2) is 24.3 Å². The lowest BCUT2D eigenvalue weighted by Crippen LogP contribution is -2.54. The molecule has 2 heterocycles. The van der Waals surface area contributed by atoms with Crippen LogP contribution in [0, 0.1) is 17.8 Å². The standard InChI is InChI=1S/C37H53ClN4O7S/c38-27-10-4-8-24(19-27)18-25-9-5-11-30(25)49-36(47)42-50-31(20-23-6-2-1-3-7-23)34(45)40-29(32(43)35(46)39-28-12-13-28)21-26-22-37(41-33(26)44)14-16-48-17-15-37/h4,8,10,19,23,25-26,28-32,43H,1-3,5-7,9,11-18,20-22H2,(H,39,46)(H,40,45)(H,41,44)(H,42,47)/t25?,26?,29?,30?,31-,32?/m0/s1. The van der Waals surface area contributed by atoms with Crippen LogP contribution in [-0.4, -0.2) is 77.2 Å². The van der Waals surface area contributed by atoms with E-state index in [1.165, 1.54) is 6.42 Å². The van der Waals surface area contributed by atoms with Gasteiger partial charge in [0.1, 0.15) is 11.4 Å². The van der Waals surface area contributed by atoms with Crippen LogP contribution in [0.5, 0.6) is 0 Å². The minimum Gasteiger partial charge on any atom is -0.445 e. The number of carbonyl (C=O) groups excluding carboxylic acids is 4. The molecule has 276 valence electrons. The first kappa shape index (κ1) is 37.2. The van der Waals surface area contributed by atoms with Gasteiger partial charge in [-0.3, -0.25) is 19.1 Å². The van der Waals surface area contributed by atoms with Crippen LogP contribution in [0.1, 0.15) is 102 Å². The van der Waals surface area contributed by atoms with E-state index in [4.69, 9.17) is 21.1 Å². The molecule has 11 nitrogen and oxygen atoms in total. The fourth-order valence-corrected chi connectivity index (χ4v) is 9.42. The topological polar surface area (TPSA) is 155 Å². The maximum Gasteiger partial charge on any atom is 0.417 e. The Morgan fingerprint density at radius 2 is 1.80 bits per heavy atom. The van der Waals surface area contributed by atoms with Crippen molar-refractivity contribution >= 4 is 47.4 Å². The minimum absolute atomic E-state index is 0.0311. The number of amides is 4. The van der Waals surface area contributed by atoms with Crippen LogP contribution in [0.25, 0.3) is 0 Å². The molecule has 0 radical (unpaired) electrons. The number of aliphatic hydroxyl groups excluding tert-OH is 1. The molecule has 5 aliphatic rings. The number of hydrogen-bond acceptors (Lipinski definition) is 8. The summed E-state index contributed by atoms with van der Waals surface area (Å²) < 4.78 is 14.2. The summed E-state index contributed by atoms with van der Waals surface area (Å²) in [6.07, 6.45) is 10.9. The summed E-state index contributed by atoms with van der Waals surface area (Å²) in [5.41, 5.74) is 0.754. The highest BCUT2D eigenvalue weighted by Gasteiger charge is 2.47. The molecule has 6 rings (SSSR count). The lowest BCUT2D eigenvalue weighted by Gasteiger charge is -2.33. The molecule has 1 aromatic carbocycles. The van der Waals surface area contributed by atoms with E-state index in [-0.39, 0.29) is 41.8 Å². The molecule has 2 saturated heterocycles. The van der Waals surface area contributed by atoms with Crippen molar-refractivity contribution < 1.29 is 33.8 Å². The second-order valence-corrected chi connectivity index (χ2v) is 16.7. The molecule has 3 saturated carbocycles. The van der Waals surface area contributed by atoms with Crippen molar-refractivity contribution in [1.29, 1.82) is 0 Å². The third-order valence-electron chi connectivity index (χ3n) is 11.4. The third-order valence-corrected chi connectivity index (χ3v) is 12.6. The van der Waals surface area contributed by atoms with E-state index in [0.29, 0.717) is 49.8 Å². The summed E-state index contributed by atoms with van der Waals surface area (Å²) in [6.45, 7) is 1.14. The SMILES string of the molecule is O=C(NS[C@@H](CC1CCCCC1)C(=O)NC(CC1CC2(CCOCC2)NC1=O)C(O)C(=O)NC1CC1)OC1CCCC1Cc1cccc(Cl)c1. The maximum atomic E-state index is 14.1. The zero-order chi connectivity index (χ0) is 35.1. The number of nitrogens with one attached hydrogen (secondary N) is 4. The number of hydrogen-bond donors (Lipinski definition) is 5. The van der Waals surface area contributed by atoms with Crippen LogP contribution in [0.3, 0.4) is 0 Å². The van der Waals surface area contributed by atoms with E-state index in [9.17, 15) is 24.3 Å². The van der Waals surface area contributed by atoms with Gasteiger partial charge in [-0.15, -0.1) is 0 Å². The zero-order valence-corrected chi connectivity index (χ0v) is 30.4. The number of ether oxygens (including phenoxy) is 2. The molecule has 2 aliphatic heterocycles. The van der Waals surface area contributed by atoms with Crippen molar-refractivity contribution in [2.75, 3.05) is 13.2 Å². The van der Waals surface area contributed by atoms with Gasteiger partial charge in [0, 0.05) is 41.7 Å². The normalized spacial score (nSPS) is 26.8. The predicted octanol–water partition coefficient (Wildman–Crippen LogP) is 4.96. The highest BCUT2D eigenvalue weighted by molar-refractivity contribution is 7.99. The van der Waals surface area contributed by atoms with E-state index < -0.39 is 35.3 Å². The van der Waals surface area contributed by atoms with E-state index in [0.717, 1.165) is 81.7 Å². The molecule has 3 aliphatic carbocycles. The van der Waals surface area contributed by atoms with Gasteiger partial charge in [-0.2, -0.15) is 0 Å². The first-order valence-electron chi connectivity index (χ1n) is 18.7. The van der Waals surface area contributed by atoms with Gasteiger partial charge in [-0.1, -0.05) is 55.8 Å². The van der Waals surface area contributed by atoms with Gasteiger partial charge < -0.3 is 30.5 Å². The molecule has 1 aromatic rings. The van der Waals surface area contributed by atoms with Gasteiger partial charge in [0.15, 0.2) is 6.10 Å². The molecule has 5 N–H and O–H groups in total. The number of aliphatic hydroxyl groups is 1. The monoisotopic (exact) mass is 732 g/mol. The molecular formula is C37H53ClN4O7S. The predicted molar refractivity (Wildman–Crippen MR) is 191 cm³/mol. The van der Waals surface area contributed by atoms with Crippen molar-refractivity contribution in [1.82, 2.24) is 20.7 Å². The average Bonchev–Trinajstić information content (AvgIpc) is 3.74. The van der Waals surface area contributed by atoms with Crippen molar-refractivity contribution in [2.45, 2.75) is 138 Å². The zero-order valence-electron chi connectivity index (χ0n) is 28.8. The molecule has 5 unspecified atom stereocenters. The lowest BCUT2D eigenvalue weighted by molar-refractivity contribution is -0.134. The quantitative estimate of drug-likeness (QED) is 0.168. The van der Waals surface area contributed by atoms with Gasteiger partial charge in [-0.25, -0.2) is 4.79 Å². The molecular weight excluding hydrogens is 680 g/mol. The van der Waals surface area contributed by atoms with E-state index in [1.54, 1.807) is 0 Å². The van der Waals surface area contributed by atoms with Crippen molar-refractivity contribution in [3.63, 3.8) is 0 Å². The van der Waals surface area contributed by atoms with Crippen LogP contribution >= 0.6 is 23.5 Å². The van der Waals surface area contributed by atoms with Crippen LogP contribution in [-0.2, 0) is 30.3 Å². The maximum absolute atomic E-state index is 14.1. The van der Waals surface area contributed by atoms with E-state index >= 15 is 0 Å². The van der Waals surface area contributed by atoms with Crippen molar-refractivity contribution in [3.8, 4) is 0 Å². The Hall–Kier alpha value is -2.54. The van der Waals surface area contributed by atoms with Crippen LogP contribution in [0.4, 0.5) is 4.79 Å². The first-order valence-corrected chi connectivity index (χ1v) is 20.0. The Bertz CT molecular complexity index is 1350. The van der Waals surface area contributed by atoms with Crippen LogP contribution in [0.2, 0.25) is 5.02 Å². The Kier molecular flexibility index (Phi) is 12.9. The van der Waals surface area contributed by atoms with Gasteiger partial charge in [-0.05, 0) is 106 Å². The largest absolute Gasteiger partial charge is 0.445 e. The highest BCUT2D eigenvalue weighted by atomic mass is 35.5. The lowest BCUT2D eigenvalue weighted by atomic mass is 9.83. The summed E-state index contributed by atoms with van der Waals surface area (Å²) in [6, 6.07) is 6.81. The first-order chi connectivity index (χ1) is 24.2. The number of benzene rings is 1. The summed E-state index contributed by atoms with van der Waals surface area (Å²) in [5, 5.41) is 20.3. The molecule has 4 amide bonds. The van der Waals surface area contributed by atoms with Gasteiger partial charge >= 0.3 is 6.09 Å². The number of halogens is 1. The molecule has 13 heteroatoms. The summed E-state index contributed by atoms with van der Waals surface area (Å²) in [7, 11) is 0. The number of carbonyl (C=O) groups is 4. The summed E-state index contributed by atoms with van der Waals surface area (Å²) in [5.74, 6) is -1.01. The van der Waals surface area contributed by atoms with E-state index in [1.807, 2.05) is 24.3 Å². The van der Waals surface area contributed by atoms with E-state index in [2.05, 4.69) is 20.7 Å². The smallest absolute Gasteiger partial charge is 0.417 e. The second-order valence-electron chi connectivity index (χ2n) is 15.3. The molecule has 5 fully saturated rings. The second kappa shape index (κ2) is 17.3. The van der Waals surface area contributed by atoms with Gasteiger partial charge in [0.2, 0.25) is 11.8 Å². The van der Waals surface area contributed by atoms with Crippen molar-refractivity contribution in [2.24, 2.45) is 17.8 Å². The molecule has 6 atom stereocenters. The Labute approximate surface area is 304 Å². The highest BCUT2D eigenvalue weighted by Crippen LogP contribution is 2.37. The molecule has 50 heavy (non-hydrogen) atoms. The number of rotatable bonds is 14. The molecule has 0 bridgehead atoms. The van der Waals surface area contributed by atoms with Crippen molar-refractivity contribution in [3.05, 3.63) is 34.9 Å². The Morgan fingerprint density at radius 3 is 2.54 bits per heavy atom. The Morgan fingerprint density at radius 1 is 1.02 bits per heavy atom. The fraction of sp³-hybridized carbons (Fsp3) is 0.730. The summed E-state index contributed by atoms with van der Waals surface area (Å²) >= 11 is 7.23. The average molecular weight is 733 g/mol. The van der Waals surface area contributed by atoms with Crippen LogP contribution < -0.4 is 20.7 Å². The summed E-state index contributed by atoms with van der Waals surface area (Å²) in [4.78, 5) is 53.5. The Balaban J connectivity index is 1.10. The third kappa shape index (κ3) is 10.3. The van der Waals surface area contributed by atoms with Gasteiger partial charge in [0.25, 0.3) is 5.91 Å². The van der Waals surface area contributed by atoms with Gasteiger partial charge in [0.05, 0.1) is 6.04 Å².